The maximum Gasteiger partial charge on any atom is 0.137 e. The van der Waals surface area contributed by atoms with Crippen molar-refractivity contribution < 1.29 is 4.74 Å². The molecule has 0 fully saturated rings. The molecule has 352 valence electrons. The average Bonchev–Trinajstić information content (AvgIpc) is 3.95. The van der Waals surface area contributed by atoms with Crippen molar-refractivity contribution in [2.45, 2.75) is 92.4 Å². The summed E-state index contributed by atoms with van der Waals surface area (Å²) in [4.78, 5) is 9.96. The quantitative estimate of drug-likeness (QED) is 0.144. The summed E-state index contributed by atoms with van der Waals surface area (Å²) in [6, 6.07) is 63.8. The van der Waals surface area contributed by atoms with Gasteiger partial charge >= 0.3 is 0 Å². The Morgan fingerprint density at radius 2 is 1.04 bits per heavy atom. The molecule has 0 saturated heterocycles. The fourth-order valence-corrected chi connectivity index (χ4v) is 10.1. The van der Waals surface area contributed by atoms with E-state index in [4.69, 9.17) is 9.72 Å². The minimum Gasteiger partial charge on any atom is -0.457 e. The number of ether oxygens (including phenoxy) is 1. The number of allylic oxidation sites excluding steroid dienone is 1. The molecule has 5 nitrogen and oxygen atoms in total. The van der Waals surface area contributed by atoms with E-state index < -0.39 is 0 Å². The van der Waals surface area contributed by atoms with Gasteiger partial charge in [-0.15, -0.1) is 0 Å². The predicted molar refractivity (Wildman–Crippen MR) is 296 cm³/mol. The zero-order valence-electron chi connectivity index (χ0n) is 42.8. The van der Waals surface area contributed by atoms with E-state index in [1.807, 2.05) is 6.20 Å². The van der Waals surface area contributed by atoms with Crippen LogP contribution in [0.4, 0.5) is 11.4 Å². The summed E-state index contributed by atoms with van der Waals surface area (Å²) in [6.07, 6.45) is 4.31. The predicted octanol–water partition coefficient (Wildman–Crippen LogP) is 17.4. The third-order valence-electron chi connectivity index (χ3n) is 14.2. The molecular formula is C65H66N4O. The molecule has 0 amide bonds. The van der Waals surface area contributed by atoms with E-state index in [-0.39, 0.29) is 21.7 Å². The van der Waals surface area contributed by atoms with Crippen LogP contribution in [0.3, 0.4) is 0 Å². The monoisotopic (exact) mass is 919 g/mol. The largest absolute Gasteiger partial charge is 0.457 e. The Bertz CT molecular complexity index is 3400. The van der Waals surface area contributed by atoms with E-state index in [0.29, 0.717) is 6.67 Å². The highest BCUT2D eigenvalue weighted by Gasteiger charge is 2.34. The van der Waals surface area contributed by atoms with Crippen molar-refractivity contribution in [1.29, 1.82) is 0 Å². The zero-order valence-corrected chi connectivity index (χ0v) is 42.8. The smallest absolute Gasteiger partial charge is 0.137 e. The van der Waals surface area contributed by atoms with E-state index in [0.717, 1.165) is 45.2 Å². The zero-order chi connectivity index (χ0) is 49.2. The fraction of sp³-hybridized carbons (Fsp3) is 0.246. The van der Waals surface area contributed by atoms with Crippen LogP contribution in [0.1, 0.15) is 98.4 Å². The van der Waals surface area contributed by atoms with Gasteiger partial charge in [0.1, 0.15) is 17.3 Å². The molecule has 70 heavy (non-hydrogen) atoms. The molecule has 0 radical (unpaired) electrons. The Morgan fingerprint density at radius 3 is 1.69 bits per heavy atom. The number of rotatable bonds is 9. The molecule has 9 aromatic rings. The number of para-hydroxylation sites is 1. The molecule has 0 aliphatic carbocycles. The number of aromatic nitrogens is 2. The van der Waals surface area contributed by atoms with Crippen LogP contribution in [0.15, 0.2) is 194 Å². The number of pyridine rings is 1. The van der Waals surface area contributed by atoms with Gasteiger partial charge in [-0.25, -0.2) is 4.98 Å². The van der Waals surface area contributed by atoms with Crippen LogP contribution >= 0.6 is 0 Å². The van der Waals surface area contributed by atoms with Gasteiger partial charge in [0.05, 0.1) is 17.7 Å². The molecule has 0 N–H and O–H groups in total. The van der Waals surface area contributed by atoms with Crippen molar-refractivity contribution in [3.05, 3.63) is 216 Å². The Kier molecular flexibility index (Phi) is 11.6. The highest BCUT2D eigenvalue weighted by Crippen LogP contribution is 2.47. The van der Waals surface area contributed by atoms with Gasteiger partial charge in [-0.2, -0.15) is 0 Å². The lowest BCUT2D eigenvalue weighted by atomic mass is 9.76. The third kappa shape index (κ3) is 8.90. The fourth-order valence-electron chi connectivity index (χ4n) is 10.1. The first-order chi connectivity index (χ1) is 33.3. The summed E-state index contributed by atoms with van der Waals surface area (Å²) in [5.74, 6) is 2.42. The molecular weight excluding hydrogens is 853 g/mol. The van der Waals surface area contributed by atoms with Gasteiger partial charge < -0.3 is 14.5 Å². The molecule has 1 aliphatic heterocycles. The second-order valence-corrected chi connectivity index (χ2v) is 22.7. The second-order valence-electron chi connectivity index (χ2n) is 22.7. The van der Waals surface area contributed by atoms with E-state index in [2.05, 4.69) is 273 Å². The van der Waals surface area contributed by atoms with Crippen molar-refractivity contribution in [1.82, 2.24) is 9.55 Å². The van der Waals surface area contributed by atoms with Crippen molar-refractivity contribution in [3.8, 4) is 39.6 Å². The number of nitrogens with zero attached hydrogens (tertiary/aromatic N) is 4. The highest BCUT2D eigenvalue weighted by molar-refractivity contribution is 6.12. The number of hydrogen-bond acceptors (Lipinski definition) is 4. The molecule has 3 heterocycles. The Balaban J connectivity index is 1.15. The molecule has 0 saturated carbocycles. The van der Waals surface area contributed by atoms with Crippen LogP contribution in [0, 0.1) is 5.41 Å². The summed E-state index contributed by atoms with van der Waals surface area (Å²) in [5, 5.41) is 2.38. The molecule has 1 aliphatic rings. The molecule has 2 aromatic heterocycles. The molecule has 0 spiro atoms. The van der Waals surface area contributed by atoms with Crippen LogP contribution in [0.25, 0.3) is 49.9 Å². The van der Waals surface area contributed by atoms with E-state index in [1.54, 1.807) is 0 Å². The van der Waals surface area contributed by atoms with Crippen molar-refractivity contribution in [2.24, 2.45) is 5.41 Å². The van der Waals surface area contributed by atoms with Crippen molar-refractivity contribution in [3.63, 3.8) is 0 Å². The van der Waals surface area contributed by atoms with Crippen LogP contribution in [0.5, 0.6) is 11.5 Å². The van der Waals surface area contributed by atoms with Gasteiger partial charge in [-0.05, 0) is 104 Å². The molecule has 7 aromatic carbocycles. The van der Waals surface area contributed by atoms with Crippen LogP contribution in [0.2, 0.25) is 0 Å². The Labute approximate surface area is 415 Å². The summed E-state index contributed by atoms with van der Waals surface area (Å²) in [5.41, 5.74) is 14.6. The van der Waals surface area contributed by atoms with Crippen molar-refractivity contribution in [2.75, 3.05) is 16.5 Å². The summed E-state index contributed by atoms with van der Waals surface area (Å²) in [6.45, 7) is 25.9. The number of fused-ring (bicyclic) bond motifs is 3. The Morgan fingerprint density at radius 1 is 0.457 bits per heavy atom. The lowest BCUT2D eigenvalue weighted by Crippen LogP contribution is -2.30. The first kappa shape index (κ1) is 46.4. The lowest BCUT2D eigenvalue weighted by Gasteiger charge is -2.31. The second kappa shape index (κ2) is 17.5. The van der Waals surface area contributed by atoms with Crippen LogP contribution in [-0.4, -0.2) is 16.2 Å². The van der Waals surface area contributed by atoms with Gasteiger partial charge in [0.2, 0.25) is 0 Å². The number of anilines is 2. The first-order valence-electron chi connectivity index (χ1n) is 24.8. The molecule has 0 unspecified atom stereocenters. The van der Waals surface area contributed by atoms with Crippen LogP contribution in [-0.2, 0) is 16.2 Å². The minimum atomic E-state index is -0.387. The van der Waals surface area contributed by atoms with Gasteiger partial charge in [0, 0.05) is 63.2 Å². The maximum absolute atomic E-state index is 7.34. The van der Waals surface area contributed by atoms with Gasteiger partial charge in [0.25, 0.3) is 0 Å². The van der Waals surface area contributed by atoms with E-state index in [9.17, 15) is 0 Å². The molecule has 0 atom stereocenters. The standard InChI is InChI=1S/C65H66N4O/c1-62(2,3)49-31-32-66-60(38-49)69-57-30-22-21-29-55(57)61-56(65(10,11)48-27-19-14-20-28-48)40-54(41-58(61)69)70-53-36-47(45-25-17-13-18-26-45)35-52(39-53)68-43-67(42-59(68)64(7,8)9)51-34-46(44-23-15-12-16-24-44)33-50(37-51)63(4,5)6/h12-42H,43H2,1-11H3. The highest BCUT2D eigenvalue weighted by atomic mass is 16.5. The maximum atomic E-state index is 7.34. The SMILES string of the molecule is CC(C)(C)C1=CN(c2cc(-c3ccccc3)cc(C(C)(C)C)c2)CN1c1cc(Oc2cc(C(C)(C)c3ccccc3)c3c4ccccc4n(-c4cc(C(C)(C)C)ccn4)c3c2)cc(-c2ccccc2)c1. The molecule has 5 heteroatoms. The topological polar surface area (TPSA) is 33.5 Å². The normalized spacial score (nSPS) is 13.6. The van der Waals surface area contributed by atoms with E-state index >= 15 is 0 Å². The van der Waals surface area contributed by atoms with Gasteiger partial charge in [-0.1, -0.05) is 191 Å². The van der Waals surface area contributed by atoms with Crippen LogP contribution < -0.4 is 14.5 Å². The van der Waals surface area contributed by atoms with E-state index in [1.165, 1.54) is 55.5 Å². The number of benzene rings is 7. The molecule has 0 bridgehead atoms. The average molecular weight is 919 g/mol. The Hall–Kier alpha value is -7.37. The van der Waals surface area contributed by atoms with Gasteiger partial charge in [0.15, 0.2) is 0 Å². The molecule has 10 rings (SSSR count). The number of hydrogen-bond donors (Lipinski definition) is 0. The van der Waals surface area contributed by atoms with Gasteiger partial charge in [-0.3, -0.25) is 4.57 Å². The first-order valence-corrected chi connectivity index (χ1v) is 24.8. The van der Waals surface area contributed by atoms with Crippen molar-refractivity contribution >= 4 is 33.2 Å². The summed E-state index contributed by atoms with van der Waals surface area (Å²) >= 11 is 0. The summed E-state index contributed by atoms with van der Waals surface area (Å²) < 4.78 is 9.68. The summed E-state index contributed by atoms with van der Waals surface area (Å²) in [7, 11) is 0. The lowest BCUT2D eigenvalue weighted by molar-refractivity contribution is 0.479. The third-order valence-corrected chi connectivity index (χ3v) is 14.2. The minimum absolute atomic E-state index is 0.0354.